The molecule has 2 N–H and O–H groups in total. The quantitative estimate of drug-likeness (QED) is 0.640. The van der Waals surface area contributed by atoms with Gasteiger partial charge in [-0.1, -0.05) is 0 Å². The van der Waals surface area contributed by atoms with Gasteiger partial charge in [0.15, 0.2) is 0 Å². The van der Waals surface area contributed by atoms with E-state index in [2.05, 4.69) is 4.90 Å². The van der Waals surface area contributed by atoms with Crippen molar-refractivity contribution in [1.29, 1.82) is 0 Å². The highest BCUT2D eigenvalue weighted by Crippen LogP contribution is 2.14. The van der Waals surface area contributed by atoms with E-state index in [-0.39, 0.29) is 0 Å². The fraction of sp³-hybridized carbons (Fsp3) is 1.00. The fourth-order valence-electron chi connectivity index (χ4n) is 1.64. The van der Waals surface area contributed by atoms with E-state index in [1.54, 1.807) is 7.11 Å². The van der Waals surface area contributed by atoms with E-state index >= 15 is 0 Å². The van der Waals surface area contributed by atoms with Gasteiger partial charge in [-0.3, -0.25) is 4.90 Å². The van der Waals surface area contributed by atoms with Crippen LogP contribution in [0.5, 0.6) is 0 Å². The SMILES string of the molecule is COCN1CCCC(CN)C1. The summed E-state index contributed by atoms with van der Waals surface area (Å²) in [4.78, 5) is 2.32. The van der Waals surface area contributed by atoms with Crippen LogP contribution in [0.15, 0.2) is 0 Å². The summed E-state index contributed by atoms with van der Waals surface area (Å²) in [7, 11) is 1.74. The number of hydrogen-bond acceptors (Lipinski definition) is 3. The molecule has 1 rings (SSSR count). The number of hydrogen-bond donors (Lipinski definition) is 1. The second-order valence-electron chi connectivity index (χ2n) is 3.24. The maximum Gasteiger partial charge on any atom is 0.0986 e. The Morgan fingerprint density at radius 2 is 2.45 bits per heavy atom. The van der Waals surface area contributed by atoms with Crippen molar-refractivity contribution in [3.63, 3.8) is 0 Å². The standard InChI is InChI=1S/C8H18N2O/c1-11-7-10-4-2-3-8(5-9)6-10/h8H,2-7,9H2,1H3. The number of rotatable bonds is 3. The molecule has 0 aromatic carbocycles. The zero-order valence-electron chi connectivity index (χ0n) is 7.25. The van der Waals surface area contributed by atoms with Crippen molar-refractivity contribution >= 4 is 0 Å². The van der Waals surface area contributed by atoms with Gasteiger partial charge >= 0.3 is 0 Å². The Bertz CT molecular complexity index is 106. The Hall–Kier alpha value is -0.120. The van der Waals surface area contributed by atoms with E-state index in [1.807, 2.05) is 0 Å². The van der Waals surface area contributed by atoms with Crippen molar-refractivity contribution in [3.05, 3.63) is 0 Å². The molecule has 3 heteroatoms. The first-order chi connectivity index (χ1) is 5.36. The average Bonchev–Trinajstić information content (AvgIpc) is 2.06. The molecule has 0 aromatic rings. The first-order valence-corrected chi connectivity index (χ1v) is 4.28. The lowest BCUT2D eigenvalue weighted by Gasteiger charge is -2.31. The molecule has 1 aliphatic rings. The smallest absolute Gasteiger partial charge is 0.0986 e. The number of likely N-dealkylation sites (tertiary alicyclic amines) is 1. The van der Waals surface area contributed by atoms with Crippen LogP contribution in [-0.2, 0) is 4.74 Å². The zero-order chi connectivity index (χ0) is 8.10. The molecule has 66 valence electrons. The van der Waals surface area contributed by atoms with Gasteiger partial charge in [0, 0.05) is 20.2 Å². The molecule has 1 heterocycles. The monoisotopic (exact) mass is 158 g/mol. The molecule has 1 fully saturated rings. The molecular formula is C8H18N2O. The van der Waals surface area contributed by atoms with Crippen LogP contribution in [0.4, 0.5) is 0 Å². The lowest BCUT2D eigenvalue weighted by Crippen LogP contribution is -2.39. The predicted molar refractivity (Wildman–Crippen MR) is 45.2 cm³/mol. The highest BCUT2D eigenvalue weighted by atomic mass is 16.5. The number of ether oxygens (including phenoxy) is 1. The van der Waals surface area contributed by atoms with Gasteiger partial charge in [0.1, 0.15) is 0 Å². The minimum absolute atomic E-state index is 0.693. The third-order valence-electron chi connectivity index (χ3n) is 2.25. The van der Waals surface area contributed by atoms with Gasteiger partial charge in [-0.25, -0.2) is 0 Å². The molecule has 0 bridgehead atoms. The molecule has 0 spiro atoms. The maximum atomic E-state index is 5.59. The van der Waals surface area contributed by atoms with Crippen molar-refractivity contribution in [2.45, 2.75) is 12.8 Å². The summed E-state index contributed by atoms with van der Waals surface area (Å²) in [5.74, 6) is 0.693. The van der Waals surface area contributed by atoms with Crippen LogP contribution in [0.3, 0.4) is 0 Å². The third-order valence-corrected chi connectivity index (χ3v) is 2.25. The normalized spacial score (nSPS) is 27.3. The molecular weight excluding hydrogens is 140 g/mol. The van der Waals surface area contributed by atoms with Gasteiger partial charge in [0.25, 0.3) is 0 Å². The average molecular weight is 158 g/mol. The lowest BCUT2D eigenvalue weighted by molar-refractivity contribution is 0.0355. The fourth-order valence-corrected chi connectivity index (χ4v) is 1.64. The Kier molecular flexibility index (Phi) is 3.83. The van der Waals surface area contributed by atoms with Gasteiger partial charge in [-0.05, 0) is 25.3 Å². The van der Waals surface area contributed by atoms with E-state index in [4.69, 9.17) is 10.5 Å². The zero-order valence-corrected chi connectivity index (χ0v) is 7.25. The van der Waals surface area contributed by atoms with Crippen LogP contribution in [0, 0.1) is 5.92 Å². The Morgan fingerprint density at radius 1 is 1.64 bits per heavy atom. The molecule has 1 aliphatic heterocycles. The highest BCUT2D eigenvalue weighted by molar-refractivity contribution is 4.71. The van der Waals surface area contributed by atoms with Crippen LogP contribution >= 0.6 is 0 Å². The third kappa shape index (κ3) is 2.77. The first kappa shape index (κ1) is 8.97. The van der Waals surface area contributed by atoms with Gasteiger partial charge in [-0.15, -0.1) is 0 Å². The molecule has 3 nitrogen and oxygen atoms in total. The molecule has 0 radical (unpaired) electrons. The summed E-state index contributed by atoms with van der Waals surface area (Å²) >= 11 is 0. The van der Waals surface area contributed by atoms with Gasteiger partial charge in [0.05, 0.1) is 6.73 Å². The molecule has 0 aromatic heterocycles. The minimum atomic E-state index is 0.693. The summed E-state index contributed by atoms with van der Waals surface area (Å²) < 4.78 is 5.06. The molecule has 11 heavy (non-hydrogen) atoms. The van der Waals surface area contributed by atoms with Crippen LogP contribution in [-0.4, -0.2) is 38.4 Å². The Morgan fingerprint density at radius 3 is 3.09 bits per heavy atom. The highest BCUT2D eigenvalue weighted by Gasteiger charge is 2.17. The lowest BCUT2D eigenvalue weighted by atomic mass is 9.99. The minimum Gasteiger partial charge on any atom is -0.369 e. The molecule has 1 unspecified atom stereocenters. The van der Waals surface area contributed by atoms with E-state index < -0.39 is 0 Å². The van der Waals surface area contributed by atoms with Gasteiger partial charge in [0.2, 0.25) is 0 Å². The summed E-state index contributed by atoms with van der Waals surface area (Å²) in [6.45, 7) is 3.87. The van der Waals surface area contributed by atoms with E-state index in [9.17, 15) is 0 Å². The Labute approximate surface area is 68.5 Å². The van der Waals surface area contributed by atoms with E-state index in [0.717, 1.165) is 19.8 Å². The number of nitrogens with two attached hydrogens (primary N) is 1. The number of piperidine rings is 1. The van der Waals surface area contributed by atoms with Crippen molar-refractivity contribution < 1.29 is 4.74 Å². The molecule has 0 aliphatic carbocycles. The van der Waals surface area contributed by atoms with Crippen LogP contribution in [0.1, 0.15) is 12.8 Å². The summed E-state index contributed by atoms with van der Waals surface area (Å²) in [6.07, 6.45) is 2.56. The van der Waals surface area contributed by atoms with Crippen molar-refractivity contribution in [3.8, 4) is 0 Å². The molecule has 1 atom stereocenters. The molecule has 1 saturated heterocycles. The summed E-state index contributed by atoms with van der Waals surface area (Å²) in [6, 6.07) is 0. The first-order valence-electron chi connectivity index (χ1n) is 4.28. The molecule has 0 saturated carbocycles. The predicted octanol–water partition coefficient (Wildman–Crippen LogP) is 0.261. The second kappa shape index (κ2) is 4.70. The Balaban J connectivity index is 2.21. The van der Waals surface area contributed by atoms with Crippen LogP contribution in [0.2, 0.25) is 0 Å². The largest absolute Gasteiger partial charge is 0.369 e. The van der Waals surface area contributed by atoms with E-state index in [1.165, 1.54) is 19.4 Å². The number of nitrogens with zero attached hydrogens (tertiary/aromatic N) is 1. The maximum absolute atomic E-state index is 5.59. The van der Waals surface area contributed by atoms with E-state index in [0.29, 0.717) is 5.92 Å². The van der Waals surface area contributed by atoms with Crippen molar-refractivity contribution in [2.24, 2.45) is 11.7 Å². The van der Waals surface area contributed by atoms with Crippen molar-refractivity contribution in [2.75, 3.05) is 33.5 Å². The van der Waals surface area contributed by atoms with Crippen LogP contribution < -0.4 is 5.73 Å². The molecule has 0 amide bonds. The topological polar surface area (TPSA) is 38.5 Å². The van der Waals surface area contributed by atoms with Gasteiger partial charge in [-0.2, -0.15) is 0 Å². The second-order valence-corrected chi connectivity index (χ2v) is 3.24. The summed E-state index contributed by atoms with van der Waals surface area (Å²) in [5.41, 5.74) is 5.59. The van der Waals surface area contributed by atoms with Crippen molar-refractivity contribution in [1.82, 2.24) is 4.90 Å². The van der Waals surface area contributed by atoms with Crippen LogP contribution in [0.25, 0.3) is 0 Å². The van der Waals surface area contributed by atoms with Gasteiger partial charge < -0.3 is 10.5 Å². The summed E-state index contributed by atoms with van der Waals surface area (Å²) in [5, 5.41) is 0. The number of methoxy groups -OCH3 is 1.